The van der Waals surface area contributed by atoms with Crippen LogP contribution in [0.3, 0.4) is 0 Å². The zero-order valence-corrected chi connectivity index (χ0v) is 12.9. The minimum absolute atomic E-state index is 0.147. The van der Waals surface area contributed by atoms with Gasteiger partial charge in [-0.2, -0.15) is 5.10 Å². The third kappa shape index (κ3) is 3.67. The lowest BCUT2D eigenvalue weighted by Gasteiger charge is -2.22. The van der Waals surface area contributed by atoms with E-state index in [1.807, 2.05) is 0 Å². The molecule has 0 amide bonds. The van der Waals surface area contributed by atoms with Crippen LogP contribution in [0.4, 0.5) is 14.5 Å². The Morgan fingerprint density at radius 3 is 2.48 bits per heavy atom. The van der Waals surface area contributed by atoms with Gasteiger partial charge in [-0.15, -0.1) is 0 Å². The highest BCUT2D eigenvalue weighted by molar-refractivity contribution is 7.92. The smallest absolute Gasteiger partial charge is 0.262 e. The first-order valence-corrected chi connectivity index (χ1v) is 8.53. The Morgan fingerprint density at radius 2 is 1.83 bits per heavy atom. The Kier molecular flexibility index (Phi) is 4.31. The molecule has 2 heterocycles. The van der Waals surface area contributed by atoms with Crippen LogP contribution in [0.15, 0.2) is 35.5 Å². The van der Waals surface area contributed by atoms with Crippen LogP contribution in [-0.2, 0) is 14.8 Å². The van der Waals surface area contributed by atoms with Crippen LogP contribution < -0.4 is 4.72 Å². The molecule has 1 aromatic heterocycles. The van der Waals surface area contributed by atoms with Gasteiger partial charge in [-0.05, 0) is 25.0 Å². The molecule has 1 aliphatic heterocycles. The molecule has 23 heavy (non-hydrogen) atoms. The summed E-state index contributed by atoms with van der Waals surface area (Å²) in [5.41, 5.74) is 0.237. The molecule has 9 heteroatoms. The molecule has 2 aromatic rings. The molecule has 0 unspecified atom stereocenters. The van der Waals surface area contributed by atoms with Gasteiger partial charge in [-0.3, -0.25) is 9.40 Å². The van der Waals surface area contributed by atoms with Crippen molar-refractivity contribution in [2.45, 2.75) is 23.8 Å². The molecule has 6 nitrogen and oxygen atoms in total. The first kappa shape index (κ1) is 15.9. The summed E-state index contributed by atoms with van der Waals surface area (Å²) < 4.78 is 60.0. The van der Waals surface area contributed by atoms with Crippen LogP contribution in [0.1, 0.15) is 18.9 Å². The van der Waals surface area contributed by atoms with Gasteiger partial charge in [-0.1, -0.05) is 0 Å². The third-order valence-electron chi connectivity index (χ3n) is 3.57. The molecule has 1 aliphatic rings. The SMILES string of the molecule is O=S(=O)(Nc1cnn(C2CCOCC2)c1)c1cc(F)cc(F)c1. The highest BCUT2D eigenvalue weighted by Gasteiger charge is 2.20. The summed E-state index contributed by atoms with van der Waals surface area (Å²) >= 11 is 0. The van der Waals surface area contributed by atoms with Crippen molar-refractivity contribution in [1.82, 2.24) is 9.78 Å². The Morgan fingerprint density at radius 1 is 1.17 bits per heavy atom. The van der Waals surface area contributed by atoms with Crippen LogP contribution >= 0.6 is 0 Å². The number of benzene rings is 1. The number of aromatic nitrogens is 2. The molecule has 1 saturated heterocycles. The van der Waals surface area contributed by atoms with Gasteiger partial charge >= 0.3 is 0 Å². The van der Waals surface area contributed by atoms with Gasteiger partial charge in [0, 0.05) is 25.5 Å². The van der Waals surface area contributed by atoms with E-state index in [-0.39, 0.29) is 11.7 Å². The molecule has 0 spiro atoms. The van der Waals surface area contributed by atoms with Crippen molar-refractivity contribution in [2.75, 3.05) is 17.9 Å². The summed E-state index contributed by atoms with van der Waals surface area (Å²) in [4.78, 5) is -0.478. The highest BCUT2D eigenvalue weighted by Crippen LogP contribution is 2.23. The molecule has 124 valence electrons. The van der Waals surface area contributed by atoms with Crippen LogP contribution in [-0.4, -0.2) is 31.4 Å². The number of hydrogen-bond donors (Lipinski definition) is 1. The molecule has 0 saturated carbocycles. The van der Waals surface area contributed by atoms with Gasteiger partial charge in [0.15, 0.2) is 0 Å². The number of ether oxygens (including phenoxy) is 1. The van der Waals surface area contributed by atoms with Crippen LogP contribution in [0.25, 0.3) is 0 Å². The van der Waals surface area contributed by atoms with Crippen molar-refractivity contribution in [3.05, 3.63) is 42.2 Å². The van der Waals surface area contributed by atoms with E-state index < -0.39 is 26.6 Å². The normalized spacial score (nSPS) is 16.4. The lowest BCUT2D eigenvalue weighted by atomic mass is 10.1. The van der Waals surface area contributed by atoms with Crippen LogP contribution in [0.2, 0.25) is 0 Å². The van der Waals surface area contributed by atoms with E-state index in [1.165, 1.54) is 6.20 Å². The summed E-state index contributed by atoms with van der Waals surface area (Å²) in [6.07, 6.45) is 4.51. The summed E-state index contributed by atoms with van der Waals surface area (Å²) in [5.74, 6) is -1.91. The second-order valence-electron chi connectivity index (χ2n) is 5.26. The molecule has 1 fully saturated rings. The second kappa shape index (κ2) is 6.25. The molecule has 1 aromatic carbocycles. The predicted octanol–water partition coefficient (Wildman–Crippen LogP) is 2.31. The van der Waals surface area contributed by atoms with Crippen LogP contribution in [0.5, 0.6) is 0 Å². The minimum Gasteiger partial charge on any atom is -0.381 e. The zero-order valence-electron chi connectivity index (χ0n) is 12.1. The van der Waals surface area contributed by atoms with E-state index in [0.29, 0.717) is 19.3 Å². The van der Waals surface area contributed by atoms with Crippen molar-refractivity contribution in [3.63, 3.8) is 0 Å². The first-order valence-electron chi connectivity index (χ1n) is 7.05. The van der Waals surface area contributed by atoms with Gasteiger partial charge in [0.25, 0.3) is 10.0 Å². The van der Waals surface area contributed by atoms with Gasteiger partial charge < -0.3 is 4.74 Å². The largest absolute Gasteiger partial charge is 0.381 e. The van der Waals surface area contributed by atoms with Crippen molar-refractivity contribution in [1.29, 1.82) is 0 Å². The quantitative estimate of drug-likeness (QED) is 0.925. The standard InChI is InChI=1S/C14H15F2N3O3S/c15-10-5-11(16)7-14(6-10)23(20,21)18-12-8-17-19(9-12)13-1-3-22-4-2-13/h5-9,13,18H,1-4H2. The Hall–Kier alpha value is -2.00. The van der Waals surface area contributed by atoms with Gasteiger partial charge in [0.1, 0.15) is 11.6 Å². The van der Waals surface area contributed by atoms with Crippen molar-refractivity contribution in [3.8, 4) is 0 Å². The number of sulfonamides is 1. The van der Waals surface area contributed by atoms with E-state index in [9.17, 15) is 17.2 Å². The molecule has 0 radical (unpaired) electrons. The van der Waals surface area contributed by atoms with E-state index in [0.717, 1.165) is 25.0 Å². The molecule has 0 bridgehead atoms. The van der Waals surface area contributed by atoms with Gasteiger partial charge in [-0.25, -0.2) is 17.2 Å². The number of nitrogens with one attached hydrogen (secondary N) is 1. The molecule has 0 aliphatic carbocycles. The van der Waals surface area contributed by atoms with Gasteiger partial charge in [0.05, 0.1) is 22.8 Å². The minimum atomic E-state index is -4.08. The molecule has 3 rings (SSSR count). The Labute approximate surface area is 132 Å². The summed E-state index contributed by atoms with van der Waals surface area (Å²) in [5, 5.41) is 4.14. The number of anilines is 1. The average molecular weight is 343 g/mol. The number of hydrogen-bond acceptors (Lipinski definition) is 4. The fourth-order valence-electron chi connectivity index (χ4n) is 2.44. The molecule has 0 atom stereocenters. The fraction of sp³-hybridized carbons (Fsp3) is 0.357. The Bertz CT molecular complexity index is 781. The lowest BCUT2D eigenvalue weighted by molar-refractivity contribution is 0.0662. The summed E-state index contributed by atoms with van der Waals surface area (Å²) in [7, 11) is -4.08. The van der Waals surface area contributed by atoms with Crippen LogP contribution in [0, 0.1) is 11.6 Å². The Balaban J connectivity index is 1.79. The summed E-state index contributed by atoms with van der Waals surface area (Å²) in [6.45, 7) is 1.27. The van der Waals surface area contributed by atoms with Crippen molar-refractivity contribution in [2.24, 2.45) is 0 Å². The third-order valence-corrected chi connectivity index (χ3v) is 4.93. The maximum atomic E-state index is 13.2. The number of rotatable bonds is 4. The van der Waals surface area contributed by atoms with E-state index in [4.69, 9.17) is 4.74 Å². The fourth-order valence-corrected chi connectivity index (χ4v) is 3.51. The van der Waals surface area contributed by atoms with Crippen molar-refractivity contribution < 1.29 is 21.9 Å². The van der Waals surface area contributed by atoms with Crippen molar-refractivity contribution >= 4 is 15.7 Å². The second-order valence-corrected chi connectivity index (χ2v) is 6.95. The lowest BCUT2D eigenvalue weighted by Crippen LogP contribution is -2.19. The summed E-state index contributed by atoms with van der Waals surface area (Å²) in [6, 6.07) is 2.28. The van der Waals surface area contributed by atoms with E-state index in [2.05, 4.69) is 9.82 Å². The molecular formula is C14H15F2N3O3S. The maximum absolute atomic E-state index is 13.2. The van der Waals surface area contributed by atoms with Gasteiger partial charge in [0.2, 0.25) is 0 Å². The highest BCUT2D eigenvalue weighted by atomic mass is 32.2. The maximum Gasteiger partial charge on any atom is 0.262 e. The topological polar surface area (TPSA) is 73.2 Å². The predicted molar refractivity (Wildman–Crippen MR) is 78.5 cm³/mol. The molecular weight excluding hydrogens is 328 g/mol. The van der Waals surface area contributed by atoms with E-state index in [1.54, 1.807) is 10.9 Å². The van der Waals surface area contributed by atoms with E-state index >= 15 is 0 Å². The zero-order chi connectivity index (χ0) is 16.4. The number of nitrogens with zero attached hydrogens (tertiary/aromatic N) is 2. The number of halogens is 2. The monoisotopic (exact) mass is 343 g/mol. The average Bonchev–Trinajstić information content (AvgIpc) is 2.95. The molecule has 1 N–H and O–H groups in total. The first-order chi connectivity index (χ1) is 10.9.